The minimum atomic E-state index is -0.594. The van der Waals surface area contributed by atoms with Crippen molar-refractivity contribution < 1.29 is 19.1 Å². The zero-order valence-corrected chi connectivity index (χ0v) is 15.7. The van der Waals surface area contributed by atoms with E-state index in [2.05, 4.69) is 10.6 Å². The summed E-state index contributed by atoms with van der Waals surface area (Å²) in [5.74, 6) is -0.474. The Balaban J connectivity index is 1.95. The fraction of sp³-hybridized carbons (Fsp3) is 0.286. The van der Waals surface area contributed by atoms with Crippen molar-refractivity contribution in [3.63, 3.8) is 0 Å². The van der Waals surface area contributed by atoms with Crippen molar-refractivity contribution in [3.8, 4) is 0 Å². The number of carbonyl (C=O) groups excluding carboxylic acids is 3. The lowest BCUT2D eigenvalue weighted by molar-refractivity contribution is -0.116. The van der Waals surface area contributed by atoms with Crippen molar-refractivity contribution in [3.05, 3.63) is 65.7 Å². The van der Waals surface area contributed by atoms with Gasteiger partial charge in [-0.3, -0.25) is 9.59 Å². The topological polar surface area (TPSA) is 84.5 Å². The summed E-state index contributed by atoms with van der Waals surface area (Å²) in [7, 11) is 0. The molecule has 0 saturated heterocycles. The van der Waals surface area contributed by atoms with Crippen LogP contribution in [0, 0.1) is 0 Å². The molecule has 0 atom stereocenters. The molecule has 2 aromatic carbocycles. The van der Waals surface area contributed by atoms with Crippen LogP contribution in [0.15, 0.2) is 54.6 Å². The van der Waals surface area contributed by atoms with Crippen molar-refractivity contribution in [1.29, 1.82) is 0 Å². The number of ketones is 1. The van der Waals surface area contributed by atoms with E-state index < -0.39 is 11.7 Å². The summed E-state index contributed by atoms with van der Waals surface area (Å²) in [5.41, 5.74) is 0.805. The van der Waals surface area contributed by atoms with E-state index in [1.54, 1.807) is 69.3 Å². The van der Waals surface area contributed by atoms with Crippen LogP contribution in [-0.2, 0) is 9.53 Å². The Bertz CT molecular complexity index is 810. The van der Waals surface area contributed by atoms with Gasteiger partial charge in [-0.15, -0.1) is 0 Å². The maximum Gasteiger partial charge on any atom is 0.407 e. The van der Waals surface area contributed by atoms with Gasteiger partial charge in [0.15, 0.2) is 5.78 Å². The van der Waals surface area contributed by atoms with E-state index in [4.69, 9.17) is 4.74 Å². The van der Waals surface area contributed by atoms with E-state index in [0.717, 1.165) is 0 Å². The fourth-order valence-electron chi connectivity index (χ4n) is 2.34. The fourth-order valence-corrected chi connectivity index (χ4v) is 2.34. The second-order valence-corrected chi connectivity index (χ2v) is 6.97. The molecule has 0 spiro atoms. The molecular formula is C21H24N2O4. The van der Waals surface area contributed by atoms with Crippen LogP contribution in [0.3, 0.4) is 0 Å². The monoisotopic (exact) mass is 368 g/mol. The van der Waals surface area contributed by atoms with E-state index in [1.807, 2.05) is 6.07 Å². The van der Waals surface area contributed by atoms with Crippen molar-refractivity contribution in [2.45, 2.75) is 32.8 Å². The maximum absolute atomic E-state index is 12.7. The first kappa shape index (κ1) is 20.2. The van der Waals surface area contributed by atoms with Crippen LogP contribution < -0.4 is 10.6 Å². The highest BCUT2D eigenvalue weighted by atomic mass is 16.6. The average Bonchev–Trinajstić information content (AvgIpc) is 2.61. The Morgan fingerprint density at radius 3 is 2.22 bits per heavy atom. The molecule has 2 amide bonds. The van der Waals surface area contributed by atoms with E-state index >= 15 is 0 Å². The summed E-state index contributed by atoms with van der Waals surface area (Å²) in [4.78, 5) is 36.4. The van der Waals surface area contributed by atoms with Gasteiger partial charge in [-0.1, -0.05) is 42.5 Å². The van der Waals surface area contributed by atoms with E-state index in [9.17, 15) is 14.4 Å². The maximum atomic E-state index is 12.7. The van der Waals surface area contributed by atoms with Gasteiger partial charge >= 0.3 is 6.09 Å². The van der Waals surface area contributed by atoms with Crippen LogP contribution in [-0.4, -0.2) is 29.9 Å². The number of carbonyl (C=O) groups is 3. The van der Waals surface area contributed by atoms with E-state index in [0.29, 0.717) is 16.8 Å². The van der Waals surface area contributed by atoms with Crippen LogP contribution in [0.1, 0.15) is 43.1 Å². The highest BCUT2D eigenvalue weighted by Crippen LogP contribution is 2.19. The average molecular weight is 368 g/mol. The lowest BCUT2D eigenvalue weighted by Gasteiger charge is -2.19. The number of para-hydroxylation sites is 1. The van der Waals surface area contributed by atoms with Gasteiger partial charge in [0, 0.05) is 24.1 Å². The molecule has 2 aromatic rings. The molecule has 0 heterocycles. The molecule has 2 N–H and O–H groups in total. The molecule has 0 fully saturated rings. The zero-order chi connectivity index (χ0) is 19.9. The Morgan fingerprint density at radius 1 is 0.926 bits per heavy atom. The quantitative estimate of drug-likeness (QED) is 0.760. The number of rotatable bonds is 6. The third kappa shape index (κ3) is 6.58. The lowest BCUT2D eigenvalue weighted by atomic mass is 10.0. The van der Waals surface area contributed by atoms with Crippen LogP contribution in [0.2, 0.25) is 0 Å². The van der Waals surface area contributed by atoms with Gasteiger partial charge in [0.1, 0.15) is 5.60 Å². The van der Waals surface area contributed by atoms with Crippen LogP contribution in [0.25, 0.3) is 0 Å². The SMILES string of the molecule is CC(C)(C)OC(=O)NCCC(=O)Nc1ccccc1C(=O)c1ccccc1. The van der Waals surface area contributed by atoms with Gasteiger partial charge in [0.25, 0.3) is 0 Å². The molecule has 0 unspecified atom stereocenters. The third-order valence-corrected chi connectivity index (χ3v) is 3.50. The van der Waals surface area contributed by atoms with Gasteiger partial charge in [-0.2, -0.15) is 0 Å². The summed E-state index contributed by atoms with van der Waals surface area (Å²) in [6, 6.07) is 15.7. The predicted octanol–water partition coefficient (Wildman–Crippen LogP) is 3.77. The first-order chi connectivity index (χ1) is 12.8. The molecule has 27 heavy (non-hydrogen) atoms. The van der Waals surface area contributed by atoms with Crippen LogP contribution in [0.5, 0.6) is 0 Å². The number of alkyl carbamates (subject to hydrolysis) is 1. The van der Waals surface area contributed by atoms with Crippen molar-refractivity contribution in [2.24, 2.45) is 0 Å². The second kappa shape index (κ2) is 8.98. The predicted molar refractivity (Wildman–Crippen MR) is 104 cm³/mol. The molecule has 0 aliphatic heterocycles. The molecule has 0 radical (unpaired) electrons. The number of benzene rings is 2. The highest BCUT2D eigenvalue weighted by molar-refractivity contribution is 6.13. The number of amides is 2. The number of hydrogen-bond acceptors (Lipinski definition) is 4. The van der Waals surface area contributed by atoms with Gasteiger partial charge in [-0.05, 0) is 32.9 Å². The molecule has 0 aliphatic carbocycles. The summed E-state index contributed by atoms with van der Waals surface area (Å²) < 4.78 is 5.11. The third-order valence-electron chi connectivity index (χ3n) is 3.50. The zero-order valence-electron chi connectivity index (χ0n) is 15.7. The normalized spacial score (nSPS) is 10.8. The highest BCUT2D eigenvalue weighted by Gasteiger charge is 2.17. The molecule has 0 saturated carbocycles. The minimum absolute atomic E-state index is 0.0626. The number of hydrogen-bond donors (Lipinski definition) is 2. The molecule has 0 bridgehead atoms. The Morgan fingerprint density at radius 2 is 1.56 bits per heavy atom. The van der Waals surface area contributed by atoms with Gasteiger partial charge in [-0.25, -0.2) is 4.79 Å². The summed E-state index contributed by atoms with van der Waals surface area (Å²) in [6.07, 6.45) is -0.512. The molecule has 142 valence electrons. The molecule has 0 aromatic heterocycles. The minimum Gasteiger partial charge on any atom is -0.444 e. The first-order valence-corrected chi connectivity index (χ1v) is 8.72. The summed E-state index contributed by atoms with van der Waals surface area (Å²) in [5, 5.41) is 5.26. The lowest BCUT2D eigenvalue weighted by Crippen LogP contribution is -2.34. The number of anilines is 1. The van der Waals surface area contributed by atoms with E-state index in [1.165, 1.54) is 0 Å². The largest absolute Gasteiger partial charge is 0.444 e. The van der Waals surface area contributed by atoms with Gasteiger partial charge < -0.3 is 15.4 Å². The second-order valence-electron chi connectivity index (χ2n) is 6.97. The van der Waals surface area contributed by atoms with Crippen molar-refractivity contribution in [1.82, 2.24) is 5.32 Å². The van der Waals surface area contributed by atoms with Crippen LogP contribution >= 0.6 is 0 Å². The first-order valence-electron chi connectivity index (χ1n) is 8.72. The molecule has 6 heteroatoms. The molecule has 2 rings (SSSR count). The molecule has 6 nitrogen and oxygen atoms in total. The Hall–Kier alpha value is -3.15. The standard InChI is InChI=1S/C21H24N2O4/c1-21(2,3)27-20(26)22-14-13-18(24)23-17-12-8-7-11-16(17)19(25)15-9-5-4-6-10-15/h4-12H,13-14H2,1-3H3,(H,22,26)(H,23,24). The molecule has 0 aliphatic rings. The van der Waals surface area contributed by atoms with Crippen LogP contribution in [0.4, 0.5) is 10.5 Å². The van der Waals surface area contributed by atoms with E-state index in [-0.39, 0.29) is 24.7 Å². The Kier molecular flexibility index (Phi) is 6.71. The molecular weight excluding hydrogens is 344 g/mol. The smallest absolute Gasteiger partial charge is 0.407 e. The van der Waals surface area contributed by atoms with Crippen molar-refractivity contribution >= 4 is 23.5 Å². The van der Waals surface area contributed by atoms with Gasteiger partial charge in [0.05, 0.1) is 5.69 Å². The Labute approximate surface area is 158 Å². The van der Waals surface area contributed by atoms with Crippen molar-refractivity contribution in [2.75, 3.05) is 11.9 Å². The number of nitrogens with one attached hydrogen (secondary N) is 2. The van der Waals surface area contributed by atoms with Gasteiger partial charge in [0.2, 0.25) is 5.91 Å². The number of ether oxygens (including phenoxy) is 1. The summed E-state index contributed by atoms with van der Waals surface area (Å²) in [6.45, 7) is 5.43. The summed E-state index contributed by atoms with van der Waals surface area (Å²) >= 11 is 0.